The maximum absolute atomic E-state index is 13.1. The van der Waals surface area contributed by atoms with Gasteiger partial charge < -0.3 is 25.8 Å². The molecule has 0 aromatic heterocycles. The molecule has 7 unspecified atom stereocenters. The van der Waals surface area contributed by atoms with Gasteiger partial charge in [-0.2, -0.15) is 0 Å². The molecule has 0 aromatic carbocycles. The van der Waals surface area contributed by atoms with E-state index in [2.05, 4.69) is 27.4 Å². The number of nitrogens with two attached hydrogens (primary N) is 1. The SMILES string of the molecule is CCCCCCCC1OC2C3CC(C2O1)C(C(=O)NCC(=O)N/C(N)=N/Cl)C3C(=O)NCC. The molecule has 186 valence electrons. The lowest BCUT2D eigenvalue weighted by Gasteiger charge is -2.34. The Labute approximate surface area is 199 Å². The number of amides is 3. The van der Waals surface area contributed by atoms with E-state index >= 15 is 0 Å². The van der Waals surface area contributed by atoms with Crippen molar-refractivity contribution in [1.29, 1.82) is 0 Å². The van der Waals surface area contributed by atoms with Crippen molar-refractivity contribution < 1.29 is 23.9 Å². The molecule has 2 saturated carbocycles. The summed E-state index contributed by atoms with van der Waals surface area (Å²) in [5.41, 5.74) is 5.37. The Morgan fingerprint density at radius 3 is 2.15 bits per heavy atom. The van der Waals surface area contributed by atoms with E-state index in [1.54, 1.807) is 0 Å². The molecule has 3 aliphatic rings. The summed E-state index contributed by atoms with van der Waals surface area (Å²) in [7, 11) is 0. The number of hydrogen-bond donors (Lipinski definition) is 4. The molecule has 0 aromatic rings. The van der Waals surface area contributed by atoms with Gasteiger partial charge in [0.2, 0.25) is 23.7 Å². The van der Waals surface area contributed by atoms with Crippen molar-refractivity contribution in [2.24, 2.45) is 33.9 Å². The molecule has 3 fully saturated rings. The van der Waals surface area contributed by atoms with Crippen molar-refractivity contribution in [1.82, 2.24) is 16.0 Å². The summed E-state index contributed by atoms with van der Waals surface area (Å²) < 4.78 is 15.6. The highest BCUT2D eigenvalue weighted by Crippen LogP contribution is 2.57. The molecule has 0 radical (unpaired) electrons. The van der Waals surface area contributed by atoms with E-state index < -0.39 is 17.7 Å². The molecule has 11 heteroatoms. The fraction of sp³-hybridized carbons (Fsp3) is 0.818. The Balaban J connectivity index is 1.62. The summed E-state index contributed by atoms with van der Waals surface area (Å²) in [6.45, 7) is 4.22. The number of ether oxygens (including phenoxy) is 2. The molecule has 33 heavy (non-hydrogen) atoms. The number of rotatable bonds is 11. The van der Waals surface area contributed by atoms with Gasteiger partial charge in [0.05, 0.1) is 30.6 Å². The minimum Gasteiger partial charge on any atom is -0.369 e. The number of nitrogens with one attached hydrogen (secondary N) is 3. The van der Waals surface area contributed by atoms with Gasteiger partial charge in [-0.3, -0.25) is 19.7 Å². The molecular weight excluding hydrogens is 450 g/mol. The molecule has 2 aliphatic carbocycles. The highest BCUT2D eigenvalue weighted by atomic mass is 35.5. The summed E-state index contributed by atoms with van der Waals surface area (Å²) in [4.78, 5) is 37.9. The Morgan fingerprint density at radius 2 is 1.58 bits per heavy atom. The number of carbonyl (C=O) groups is 3. The van der Waals surface area contributed by atoms with Crippen LogP contribution in [0.15, 0.2) is 4.51 Å². The van der Waals surface area contributed by atoms with Crippen molar-refractivity contribution >= 4 is 35.5 Å². The molecule has 10 nitrogen and oxygen atoms in total. The lowest BCUT2D eigenvalue weighted by Crippen LogP contribution is -2.53. The quantitative estimate of drug-likeness (QED) is 0.196. The number of carbonyl (C=O) groups excluding carboxylic acids is 3. The highest BCUT2D eigenvalue weighted by molar-refractivity contribution is 6.20. The van der Waals surface area contributed by atoms with Crippen LogP contribution in [0, 0.1) is 23.7 Å². The van der Waals surface area contributed by atoms with Crippen molar-refractivity contribution in [2.75, 3.05) is 13.1 Å². The van der Waals surface area contributed by atoms with Gasteiger partial charge in [0, 0.05) is 30.2 Å². The van der Waals surface area contributed by atoms with Gasteiger partial charge in [-0.25, -0.2) is 0 Å². The van der Waals surface area contributed by atoms with E-state index in [-0.39, 0.29) is 54.7 Å². The topological polar surface area (TPSA) is 144 Å². The van der Waals surface area contributed by atoms with E-state index in [0.717, 1.165) is 19.3 Å². The van der Waals surface area contributed by atoms with Gasteiger partial charge in [-0.15, -0.1) is 4.51 Å². The van der Waals surface area contributed by atoms with E-state index in [1.165, 1.54) is 19.3 Å². The van der Waals surface area contributed by atoms with E-state index in [9.17, 15) is 14.4 Å². The zero-order valence-electron chi connectivity index (χ0n) is 19.3. The molecule has 0 spiro atoms. The van der Waals surface area contributed by atoms with Gasteiger partial charge in [-0.1, -0.05) is 32.6 Å². The van der Waals surface area contributed by atoms with Crippen LogP contribution in [-0.2, 0) is 23.9 Å². The van der Waals surface area contributed by atoms with Gasteiger partial charge in [0.15, 0.2) is 6.29 Å². The van der Waals surface area contributed by atoms with E-state index in [4.69, 9.17) is 27.0 Å². The van der Waals surface area contributed by atoms with Crippen LogP contribution in [0.3, 0.4) is 0 Å². The Morgan fingerprint density at radius 1 is 0.970 bits per heavy atom. The first kappa shape index (κ1) is 25.7. The third-order valence-corrected chi connectivity index (χ3v) is 7.10. The van der Waals surface area contributed by atoms with Gasteiger partial charge in [0.1, 0.15) is 0 Å². The number of guanidine groups is 1. The second kappa shape index (κ2) is 12.0. The summed E-state index contributed by atoms with van der Waals surface area (Å²) in [6.07, 6.45) is 6.67. The number of fused-ring (bicyclic) bond motifs is 5. The lowest BCUT2D eigenvalue weighted by molar-refractivity contribution is -0.141. The largest absolute Gasteiger partial charge is 0.369 e. The maximum atomic E-state index is 13.1. The number of halogens is 1. The smallest absolute Gasteiger partial charge is 0.246 e. The zero-order chi connectivity index (χ0) is 24.0. The van der Waals surface area contributed by atoms with Crippen molar-refractivity contribution in [2.45, 2.75) is 77.3 Å². The molecule has 3 rings (SSSR count). The molecular formula is C22H36ClN5O5. The summed E-state index contributed by atoms with van der Waals surface area (Å²) >= 11 is 5.20. The maximum Gasteiger partial charge on any atom is 0.246 e. The van der Waals surface area contributed by atoms with E-state index in [0.29, 0.717) is 13.0 Å². The second-order valence-electron chi connectivity index (χ2n) is 9.08. The number of unbranched alkanes of at least 4 members (excludes halogenated alkanes) is 4. The standard InChI is InChI=1S/C22H36ClN5O5/c1-3-5-6-7-8-9-15-32-18-12-10-13(19(18)33-15)17(16(12)20(30)25-4-2)21(31)26-11-14(29)27-22(24)28-23/h12-13,15-19H,3-11H2,1-2H3,(H,25,30)(H,26,31)(H3,24,27,28,29). The predicted molar refractivity (Wildman–Crippen MR) is 123 cm³/mol. The monoisotopic (exact) mass is 485 g/mol. The third-order valence-electron chi connectivity index (χ3n) is 6.92. The highest BCUT2D eigenvalue weighted by Gasteiger charge is 2.66. The Bertz CT molecular complexity index is 751. The first-order valence-corrected chi connectivity index (χ1v) is 12.4. The summed E-state index contributed by atoms with van der Waals surface area (Å²) in [5.74, 6) is -2.61. The molecule has 2 bridgehead atoms. The summed E-state index contributed by atoms with van der Waals surface area (Å²) in [5, 5.41) is 7.75. The fourth-order valence-corrected chi connectivity index (χ4v) is 5.64. The molecule has 7 atom stereocenters. The first-order chi connectivity index (χ1) is 15.9. The molecule has 1 saturated heterocycles. The Kier molecular flexibility index (Phi) is 9.34. The number of hydrogen-bond acceptors (Lipinski definition) is 6. The average Bonchev–Trinajstić information content (AvgIpc) is 3.47. The lowest BCUT2D eigenvalue weighted by atomic mass is 9.75. The van der Waals surface area contributed by atoms with Crippen LogP contribution in [0.25, 0.3) is 0 Å². The van der Waals surface area contributed by atoms with Crippen LogP contribution in [-0.4, -0.2) is 55.3 Å². The van der Waals surface area contributed by atoms with Crippen LogP contribution < -0.4 is 21.7 Å². The van der Waals surface area contributed by atoms with Crippen LogP contribution in [0.2, 0.25) is 0 Å². The van der Waals surface area contributed by atoms with Crippen molar-refractivity contribution in [3.8, 4) is 0 Å². The Hall–Kier alpha value is -1.91. The zero-order valence-corrected chi connectivity index (χ0v) is 20.1. The number of nitrogens with zero attached hydrogens (tertiary/aromatic N) is 1. The van der Waals surface area contributed by atoms with E-state index in [1.807, 2.05) is 6.92 Å². The molecule has 5 N–H and O–H groups in total. The fourth-order valence-electron chi connectivity index (χ4n) is 5.59. The predicted octanol–water partition coefficient (Wildman–Crippen LogP) is 1.18. The van der Waals surface area contributed by atoms with Crippen LogP contribution in [0.5, 0.6) is 0 Å². The minimum absolute atomic E-state index is 0.0831. The van der Waals surface area contributed by atoms with Crippen LogP contribution in [0.1, 0.15) is 58.8 Å². The molecule has 1 heterocycles. The first-order valence-electron chi connectivity index (χ1n) is 12.0. The third kappa shape index (κ3) is 5.96. The molecule has 3 amide bonds. The van der Waals surface area contributed by atoms with Crippen LogP contribution in [0.4, 0.5) is 0 Å². The average molecular weight is 486 g/mol. The molecule has 1 aliphatic heterocycles. The van der Waals surface area contributed by atoms with Crippen LogP contribution >= 0.6 is 11.8 Å². The minimum atomic E-state index is -0.582. The normalized spacial score (nSPS) is 32.5. The van der Waals surface area contributed by atoms with Gasteiger partial charge in [0.25, 0.3) is 0 Å². The van der Waals surface area contributed by atoms with Crippen molar-refractivity contribution in [3.63, 3.8) is 0 Å². The van der Waals surface area contributed by atoms with Crippen molar-refractivity contribution in [3.05, 3.63) is 0 Å². The summed E-state index contributed by atoms with van der Waals surface area (Å²) in [6, 6.07) is 0. The van der Waals surface area contributed by atoms with Gasteiger partial charge in [-0.05, 0) is 26.2 Å². The van der Waals surface area contributed by atoms with Gasteiger partial charge >= 0.3 is 0 Å². The second-order valence-corrected chi connectivity index (χ2v) is 9.25.